The zero-order valence-electron chi connectivity index (χ0n) is 16.9. The molecular formula is C22H20Cl2F2N2O3. The molecule has 0 unspecified atom stereocenters. The second kappa shape index (κ2) is 9.58. The molecule has 0 fully saturated rings. The van der Waals surface area contributed by atoms with Gasteiger partial charge in [-0.1, -0.05) is 35.9 Å². The first-order valence-corrected chi connectivity index (χ1v) is 10.3. The van der Waals surface area contributed by atoms with E-state index in [1.165, 1.54) is 29.0 Å². The number of hydrogen-bond donors (Lipinski definition) is 0. The maximum absolute atomic E-state index is 14.8. The van der Waals surface area contributed by atoms with Gasteiger partial charge in [-0.3, -0.25) is 9.48 Å². The van der Waals surface area contributed by atoms with E-state index in [9.17, 15) is 13.6 Å². The Kier molecular flexibility index (Phi) is 7.08. The second-order valence-electron chi connectivity index (χ2n) is 6.46. The first-order valence-electron chi connectivity index (χ1n) is 9.51. The van der Waals surface area contributed by atoms with Gasteiger partial charge in [0, 0.05) is 24.7 Å². The van der Waals surface area contributed by atoms with Gasteiger partial charge >= 0.3 is 0 Å². The van der Waals surface area contributed by atoms with Gasteiger partial charge < -0.3 is 9.47 Å². The average molecular weight is 469 g/mol. The van der Waals surface area contributed by atoms with Crippen LogP contribution >= 0.6 is 23.2 Å². The Morgan fingerprint density at radius 2 is 1.74 bits per heavy atom. The molecule has 0 aliphatic carbocycles. The highest BCUT2D eigenvalue weighted by atomic mass is 35.5. The van der Waals surface area contributed by atoms with Crippen LogP contribution in [0, 0.1) is 11.6 Å². The van der Waals surface area contributed by atoms with E-state index in [1.54, 1.807) is 11.6 Å². The molecule has 0 amide bonds. The van der Waals surface area contributed by atoms with Gasteiger partial charge in [-0.15, -0.1) is 0 Å². The Balaban J connectivity index is 2.12. The van der Waals surface area contributed by atoms with E-state index < -0.39 is 17.2 Å². The Hall–Kier alpha value is -2.77. The van der Waals surface area contributed by atoms with Crippen LogP contribution in [-0.2, 0) is 13.1 Å². The molecule has 1 heterocycles. The number of aromatic nitrogens is 2. The summed E-state index contributed by atoms with van der Waals surface area (Å²) in [6.07, 6.45) is 1.50. The minimum absolute atomic E-state index is 0.00613. The first kappa shape index (κ1) is 22.9. The third-order valence-electron chi connectivity index (χ3n) is 4.54. The summed E-state index contributed by atoms with van der Waals surface area (Å²) < 4.78 is 42.7. The second-order valence-corrected chi connectivity index (χ2v) is 7.22. The Morgan fingerprint density at radius 3 is 2.35 bits per heavy atom. The summed E-state index contributed by atoms with van der Waals surface area (Å²) in [5.41, 5.74) is -0.482. The summed E-state index contributed by atoms with van der Waals surface area (Å²) in [4.78, 5) is 12.9. The zero-order valence-corrected chi connectivity index (χ0v) is 18.4. The molecule has 9 heteroatoms. The topological polar surface area (TPSA) is 45.4 Å². The predicted molar refractivity (Wildman–Crippen MR) is 118 cm³/mol. The van der Waals surface area contributed by atoms with Crippen molar-refractivity contribution in [1.82, 2.24) is 9.36 Å². The summed E-state index contributed by atoms with van der Waals surface area (Å²) in [6.45, 7) is 8.09. The van der Waals surface area contributed by atoms with E-state index in [1.807, 2.05) is 6.92 Å². The minimum atomic E-state index is -0.727. The molecular weight excluding hydrogens is 449 g/mol. The highest BCUT2D eigenvalue weighted by molar-refractivity contribution is 6.33. The number of halogens is 4. The van der Waals surface area contributed by atoms with Crippen molar-refractivity contribution in [1.29, 1.82) is 0 Å². The van der Waals surface area contributed by atoms with Gasteiger partial charge in [-0.25, -0.2) is 13.5 Å². The van der Waals surface area contributed by atoms with Crippen molar-refractivity contribution < 1.29 is 18.3 Å². The third kappa shape index (κ3) is 4.48. The van der Waals surface area contributed by atoms with E-state index in [-0.39, 0.29) is 45.2 Å². The molecule has 0 saturated carbocycles. The van der Waals surface area contributed by atoms with Gasteiger partial charge in [0.1, 0.15) is 29.1 Å². The summed E-state index contributed by atoms with van der Waals surface area (Å²) in [6, 6.07) is 6.02. The van der Waals surface area contributed by atoms with Crippen LogP contribution in [0.4, 0.5) is 8.78 Å². The highest BCUT2D eigenvalue weighted by Crippen LogP contribution is 2.39. The first-order chi connectivity index (χ1) is 14.8. The van der Waals surface area contributed by atoms with Gasteiger partial charge in [0.15, 0.2) is 11.5 Å². The van der Waals surface area contributed by atoms with E-state index in [4.69, 9.17) is 32.7 Å². The van der Waals surface area contributed by atoms with Gasteiger partial charge in [0.25, 0.3) is 5.56 Å². The molecule has 0 N–H and O–H groups in total. The fourth-order valence-electron chi connectivity index (χ4n) is 3.16. The number of rotatable bonds is 8. The molecule has 1 aromatic heterocycles. The van der Waals surface area contributed by atoms with Gasteiger partial charge in [-0.05, 0) is 38.1 Å². The molecule has 2 aromatic carbocycles. The average Bonchev–Trinajstić information content (AvgIpc) is 2.98. The number of benzene rings is 2. The van der Waals surface area contributed by atoms with Crippen molar-refractivity contribution >= 4 is 23.2 Å². The number of hydrogen-bond acceptors (Lipinski definition) is 3. The van der Waals surface area contributed by atoms with Crippen LogP contribution in [-0.4, -0.2) is 16.0 Å². The van der Waals surface area contributed by atoms with Crippen LogP contribution in [0.3, 0.4) is 0 Å². The molecule has 5 nitrogen and oxygen atoms in total. The van der Waals surface area contributed by atoms with Crippen LogP contribution in [0.1, 0.15) is 13.8 Å². The fraction of sp³-hybridized carbons (Fsp3) is 0.227. The summed E-state index contributed by atoms with van der Waals surface area (Å²) >= 11 is 12.6. The van der Waals surface area contributed by atoms with Crippen LogP contribution in [0.5, 0.6) is 17.2 Å². The standard InChI is InChI=1S/C22H20Cl2F2N2O3/c1-4-9-30-19-10-13(25)7-8-17(19)31-18-11-14(16(26)12-15(18)23)20-21(24)27(5-2)28(6-3)22(20)29/h4,7-8,10-12H,1,5-6,9H2,2-3H3. The Morgan fingerprint density at radius 1 is 1.03 bits per heavy atom. The summed E-state index contributed by atoms with van der Waals surface area (Å²) in [7, 11) is 0. The summed E-state index contributed by atoms with van der Waals surface area (Å²) in [5.74, 6) is -0.924. The monoisotopic (exact) mass is 468 g/mol. The van der Waals surface area contributed by atoms with Crippen LogP contribution in [0.15, 0.2) is 47.8 Å². The molecule has 0 bridgehead atoms. The number of nitrogens with zero attached hydrogens (tertiary/aromatic N) is 2. The maximum Gasteiger partial charge on any atom is 0.276 e. The lowest BCUT2D eigenvalue weighted by Gasteiger charge is -2.14. The van der Waals surface area contributed by atoms with Crippen molar-refractivity contribution in [3.05, 3.63) is 75.2 Å². The zero-order chi connectivity index (χ0) is 22.7. The lowest BCUT2D eigenvalue weighted by Crippen LogP contribution is -2.22. The van der Waals surface area contributed by atoms with Crippen molar-refractivity contribution in [2.75, 3.05) is 6.61 Å². The SMILES string of the molecule is C=CCOc1cc(F)ccc1Oc1cc(-c2c(Cl)n(CC)n(CC)c2=O)c(F)cc1Cl. The van der Waals surface area contributed by atoms with Crippen LogP contribution in [0.2, 0.25) is 10.2 Å². The van der Waals surface area contributed by atoms with Gasteiger partial charge in [0.2, 0.25) is 0 Å². The van der Waals surface area contributed by atoms with Crippen molar-refractivity contribution in [3.63, 3.8) is 0 Å². The predicted octanol–water partition coefficient (Wildman–Crippen LogP) is 6.30. The number of ether oxygens (including phenoxy) is 2. The molecule has 0 atom stereocenters. The normalized spacial score (nSPS) is 10.9. The smallest absolute Gasteiger partial charge is 0.276 e. The van der Waals surface area contributed by atoms with Crippen molar-refractivity contribution in [2.24, 2.45) is 0 Å². The van der Waals surface area contributed by atoms with Gasteiger partial charge in [0.05, 0.1) is 10.6 Å². The fourth-order valence-corrected chi connectivity index (χ4v) is 3.74. The molecule has 0 spiro atoms. The summed E-state index contributed by atoms with van der Waals surface area (Å²) in [5, 5.41) is 0.0698. The molecule has 0 saturated heterocycles. The maximum atomic E-state index is 14.8. The molecule has 0 aliphatic rings. The quantitative estimate of drug-likeness (QED) is 0.364. The van der Waals surface area contributed by atoms with Gasteiger partial charge in [-0.2, -0.15) is 0 Å². The molecule has 0 radical (unpaired) electrons. The molecule has 3 aromatic rings. The minimum Gasteiger partial charge on any atom is -0.486 e. The lowest BCUT2D eigenvalue weighted by molar-refractivity contribution is 0.337. The van der Waals surface area contributed by atoms with Crippen molar-refractivity contribution in [2.45, 2.75) is 26.9 Å². The highest BCUT2D eigenvalue weighted by Gasteiger charge is 2.23. The van der Waals surface area contributed by atoms with E-state index in [0.717, 1.165) is 12.1 Å². The molecule has 0 aliphatic heterocycles. The van der Waals surface area contributed by atoms with Crippen LogP contribution in [0.25, 0.3) is 11.1 Å². The van der Waals surface area contributed by atoms with E-state index >= 15 is 0 Å². The third-order valence-corrected chi connectivity index (χ3v) is 5.22. The van der Waals surface area contributed by atoms with Crippen molar-refractivity contribution in [3.8, 4) is 28.4 Å². The van der Waals surface area contributed by atoms with E-state index in [0.29, 0.717) is 13.1 Å². The Bertz CT molecular complexity index is 1190. The van der Waals surface area contributed by atoms with E-state index in [2.05, 4.69) is 6.58 Å². The largest absolute Gasteiger partial charge is 0.486 e. The molecule has 164 valence electrons. The lowest BCUT2D eigenvalue weighted by atomic mass is 10.1. The van der Waals surface area contributed by atoms with Crippen LogP contribution < -0.4 is 15.0 Å². The molecule has 3 rings (SSSR count). The molecule has 31 heavy (non-hydrogen) atoms. The Labute approximate surface area is 188 Å².